The largest absolute Gasteiger partial charge is 0.529 e. The number of hydrogen-bond acceptors (Lipinski definition) is 5. The maximum atomic E-state index is 12.5. The zero-order valence-corrected chi connectivity index (χ0v) is 15.1. The normalized spacial score (nSPS) is 13.5. The SMILES string of the molecule is CC(C)C[C@H](NC(=O)[C@H](N)Cc1cccc2ccccc12)C(=O)B(O)O. The summed E-state index contributed by atoms with van der Waals surface area (Å²) in [5, 5.41) is 22.9. The van der Waals surface area contributed by atoms with Crippen molar-refractivity contribution in [1.82, 2.24) is 5.32 Å². The molecule has 138 valence electrons. The van der Waals surface area contributed by atoms with Crippen LogP contribution in [0.1, 0.15) is 25.8 Å². The summed E-state index contributed by atoms with van der Waals surface area (Å²) >= 11 is 0. The van der Waals surface area contributed by atoms with Gasteiger partial charge in [-0.05, 0) is 35.1 Å². The number of amides is 1. The van der Waals surface area contributed by atoms with Crippen LogP contribution in [0.3, 0.4) is 0 Å². The molecule has 0 aliphatic heterocycles. The Hall–Kier alpha value is -2.22. The van der Waals surface area contributed by atoms with Crippen molar-refractivity contribution in [2.75, 3.05) is 0 Å². The number of nitrogens with one attached hydrogen (secondary N) is 1. The lowest BCUT2D eigenvalue weighted by Crippen LogP contribution is -2.52. The molecular weight excluding hydrogens is 331 g/mol. The highest BCUT2D eigenvalue weighted by molar-refractivity contribution is 6.79. The lowest BCUT2D eigenvalue weighted by Gasteiger charge is -2.21. The molecule has 0 saturated heterocycles. The Morgan fingerprint density at radius 3 is 2.42 bits per heavy atom. The quantitative estimate of drug-likeness (QED) is 0.523. The Balaban J connectivity index is 2.11. The summed E-state index contributed by atoms with van der Waals surface area (Å²) in [6, 6.07) is 11.8. The third-order valence-corrected chi connectivity index (χ3v) is 4.28. The first-order valence-corrected chi connectivity index (χ1v) is 8.72. The molecule has 0 aromatic heterocycles. The predicted octanol–water partition coefficient (Wildman–Crippen LogP) is 0.822. The highest BCUT2D eigenvalue weighted by Crippen LogP contribution is 2.19. The van der Waals surface area contributed by atoms with E-state index in [0.29, 0.717) is 12.8 Å². The number of nitrogens with two attached hydrogens (primary N) is 1. The van der Waals surface area contributed by atoms with E-state index in [4.69, 9.17) is 15.8 Å². The van der Waals surface area contributed by atoms with Crippen LogP contribution >= 0.6 is 0 Å². The molecule has 0 saturated carbocycles. The first kappa shape index (κ1) is 20.1. The molecule has 2 aromatic rings. The summed E-state index contributed by atoms with van der Waals surface area (Å²) in [5.41, 5.74) is 6.16. The Labute approximate surface area is 153 Å². The van der Waals surface area contributed by atoms with E-state index in [2.05, 4.69) is 5.32 Å². The van der Waals surface area contributed by atoms with Crippen LogP contribution in [0, 0.1) is 5.92 Å². The number of carbonyl (C=O) groups is 2. The summed E-state index contributed by atoms with van der Waals surface area (Å²) in [6.45, 7) is 3.76. The lowest BCUT2D eigenvalue weighted by molar-refractivity contribution is -0.126. The molecule has 0 bridgehead atoms. The Bertz CT molecular complexity index is 774. The van der Waals surface area contributed by atoms with Crippen molar-refractivity contribution in [2.45, 2.75) is 38.8 Å². The van der Waals surface area contributed by atoms with Crippen molar-refractivity contribution in [1.29, 1.82) is 0 Å². The Morgan fingerprint density at radius 1 is 1.12 bits per heavy atom. The molecule has 0 aliphatic rings. The molecule has 2 aromatic carbocycles. The summed E-state index contributed by atoms with van der Waals surface area (Å²) in [7, 11) is -2.12. The van der Waals surface area contributed by atoms with E-state index in [1.165, 1.54) is 0 Å². The van der Waals surface area contributed by atoms with Gasteiger partial charge in [-0.25, -0.2) is 0 Å². The highest BCUT2D eigenvalue weighted by atomic mass is 16.4. The van der Waals surface area contributed by atoms with Crippen LogP contribution in [0.5, 0.6) is 0 Å². The first-order chi connectivity index (χ1) is 12.3. The minimum Gasteiger partial charge on any atom is -0.421 e. The topological polar surface area (TPSA) is 113 Å². The summed E-state index contributed by atoms with van der Waals surface area (Å²) in [5.74, 6) is -0.394. The van der Waals surface area contributed by atoms with Crippen molar-refractivity contribution in [3.63, 3.8) is 0 Å². The van der Waals surface area contributed by atoms with Gasteiger partial charge in [-0.3, -0.25) is 4.79 Å². The van der Waals surface area contributed by atoms with Crippen molar-refractivity contribution in [3.8, 4) is 0 Å². The molecule has 0 unspecified atom stereocenters. The Kier molecular flexibility index (Phi) is 6.91. The van der Waals surface area contributed by atoms with Gasteiger partial charge in [-0.15, -0.1) is 0 Å². The van der Waals surface area contributed by atoms with Crippen molar-refractivity contribution in [3.05, 3.63) is 48.0 Å². The second kappa shape index (κ2) is 8.94. The second-order valence-electron chi connectivity index (χ2n) is 6.92. The summed E-state index contributed by atoms with van der Waals surface area (Å²) in [6.07, 6.45) is 0.626. The van der Waals surface area contributed by atoms with Crippen LogP contribution in [-0.2, 0) is 16.0 Å². The molecule has 0 aliphatic carbocycles. The molecule has 0 heterocycles. The van der Waals surface area contributed by atoms with Crippen molar-refractivity contribution >= 4 is 29.5 Å². The van der Waals surface area contributed by atoms with Crippen LogP contribution in [0.15, 0.2) is 42.5 Å². The molecular formula is C19H25BN2O4. The van der Waals surface area contributed by atoms with E-state index in [1.54, 1.807) is 0 Å². The van der Waals surface area contributed by atoms with Gasteiger partial charge in [0, 0.05) is 0 Å². The molecule has 26 heavy (non-hydrogen) atoms. The minimum atomic E-state index is -2.12. The monoisotopic (exact) mass is 356 g/mol. The van der Waals surface area contributed by atoms with E-state index in [-0.39, 0.29) is 5.92 Å². The molecule has 1 amide bonds. The zero-order valence-electron chi connectivity index (χ0n) is 15.1. The summed E-state index contributed by atoms with van der Waals surface area (Å²) in [4.78, 5) is 24.4. The van der Waals surface area contributed by atoms with E-state index in [0.717, 1.165) is 16.3 Å². The molecule has 5 N–H and O–H groups in total. The fraction of sp³-hybridized carbons (Fsp3) is 0.368. The van der Waals surface area contributed by atoms with Gasteiger partial charge in [0.2, 0.25) is 5.91 Å². The van der Waals surface area contributed by atoms with E-state index in [9.17, 15) is 9.59 Å². The van der Waals surface area contributed by atoms with Crippen molar-refractivity contribution < 1.29 is 19.6 Å². The highest BCUT2D eigenvalue weighted by Gasteiger charge is 2.31. The molecule has 7 heteroatoms. The fourth-order valence-corrected chi connectivity index (χ4v) is 2.98. The van der Waals surface area contributed by atoms with Gasteiger partial charge >= 0.3 is 7.12 Å². The smallest absolute Gasteiger partial charge is 0.421 e. The molecule has 0 radical (unpaired) electrons. The van der Waals surface area contributed by atoms with Gasteiger partial charge in [0.15, 0.2) is 5.68 Å². The van der Waals surface area contributed by atoms with E-state index >= 15 is 0 Å². The van der Waals surface area contributed by atoms with Gasteiger partial charge in [0.25, 0.3) is 0 Å². The molecule has 0 fully saturated rings. The van der Waals surface area contributed by atoms with Crippen molar-refractivity contribution in [2.24, 2.45) is 11.7 Å². The molecule has 2 rings (SSSR count). The van der Waals surface area contributed by atoms with Gasteiger partial charge in [0.05, 0.1) is 12.1 Å². The maximum absolute atomic E-state index is 12.5. The minimum absolute atomic E-state index is 0.0947. The molecule has 0 spiro atoms. The standard InChI is InChI=1S/C19H25BN2O4/c1-12(2)10-17(18(23)20(25)26)22-19(24)16(21)11-14-8-5-7-13-6-3-4-9-15(13)14/h3-9,12,16-17,25-26H,10-11,21H2,1-2H3,(H,22,24)/t16-,17+/m1/s1. The number of rotatable bonds is 8. The number of hydrogen-bond donors (Lipinski definition) is 4. The lowest BCUT2D eigenvalue weighted by atomic mass is 9.77. The molecule has 2 atom stereocenters. The third-order valence-electron chi connectivity index (χ3n) is 4.28. The molecule has 6 nitrogen and oxygen atoms in total. The number of benzene rings is 2. The first-order valence-electron chi connectivity index (χ1n) is 8.72. The van der Waals surface area contributed by atoms with Gasteiger partial charge in [-0.2, -0.15) is 0 Å². The second-order valence-corrected chi connectivity index (χ2v) is 6.92. The Morgan fingerprint density at radius 2 is 1.77 bits per heavy atom. The average molecular weight is 356 g/mol. The van der Waals surface area contributed by atoms with Gasteiger partial charge < -0.3 is 25.9 Å². The van der Waals surface area contributed by atoms with Gasteiger partial charge in [-0.1, -0.05) is 56.3 Å². The van der Waals surface area contributed by atoms with Crippen LogP contribution in [0.25, 0.3) is 10.8 Å². The van der Waals surface area contributed by atoms with Gasteiger partial charge in [0.1, 0.15) is 0 Å². The number of carbonyl (C=O) groups excluding carboxylic acids is 2. The van der Waals surface area contributed by atoms with E-state index < -0.39 is 30.8 Å². The van der Waals surface area contributed by atoms with Crippen LogP contribution in [-0.4, -0.2) is 40.8 Å². The number of fused-ring (bicyclic) bond motifs is 1. The third kappa shape index (κ3) is 5.14. The maximum Gasteiger partial charge on any atom is 0.529 e. The van der Waals surface area contributed by atoms with E-state index in [1.807, 2.05) is 56.3 Å². The predicted molar refractivity (Wildman–Crippen MR) is 102 cm³/mol. The average Bonchev–Trinajstić information content (AvgIpc) is 2.60. The zero-order chi connectivity index (χ0) is 19.3. The van der Waals surface area contributed by atoms with Crippen LogP contribution in [0.4, 0.5) is 0 Å². The van der Waals surface area contributed by atoms with Crippen LogP contribution in [0.2, 0.25) is 0 Å². The summed E-state index contributed by atoms with van der Waals surface area (Å²) < 4.78 is 0. The fourth-order valence-electron chi connectivity index (χ4n) is 2.98. The van der Waals surface area contributed by atoms with Crippen LogP contribution < -0.4 is 11.1 Å².